The van der Waals surface area contributed by atoms with E-state index in [4.69, 9.17) is 4.98 Å². The number of pyridine rings is 1. The zero-order valence-electron chi connectivity index (χ0n) is 20.5. The van der Waals surface area contributed by atoms with Gasteiger partial charge in [-0.25, -0.2) is 9.56 Å². The highest BCUT2D eigenvalue weighted by molar-refractivity contribution is 5.68. The highest BCUT2D eigenvalue weighted by Gasteiger charge is 2.24. The highest BCUT2D eigenvalue weighted by Crippen LogP contribution is 2.22. The molecule has 2 atom stereocenters. The number of hydrogen-bond acceptors (Lipinski definition) is 4. The largest absolute Gasteiger partial charge is 0.481 e. The fourth-order valence-corrected chi connectivity index (χ4v) is 5.40. The average Bonchev–Trinajstić information content (AvgIpc) is 2.84. The summed E-state index contributed by atoms with van der Waals surface area (Å²) in [5.41, 5.74) is 3.64. The Morgan fingerprint density at radius 1 is 1.26 bits per heavy atom. The van der Waals surface area contributed by atoms with E-state index in [1.54, 1.807) is 0 Å². The van der Waals surface area contributed by atoms with Crippen molar-refractivity contribution in [1.82, 2.24) is 9.88 Å². The van der Waals surface area contributed by atoms with Gasteiger partial charge >= 0.3 is 5.97 Å². The van der Waals surface area contributed by atoms with Crippen molar-refractivity contribution in [2.45, 2.75) is 50.9 Å². The third-order valence-corrected chi connectivity index (χ3v) is 7.07. The number of carboxylic acid groups (broad SMARTS) is 1. The predicted molar refractivity (Wildman–Crippen MR) is 137 cm³/mol. The molecule has 0 spiro atoms. The van der Waals surface area contributed by atoms with Crippen molar-refractivity contribution in [3.8, 4) is 0 Å². The molecule has 0 amide bonds. The summed E-state index contributed by atoms with van der Waals surface area (Å²) in [7, 11) is 2.09. The first-order chi connectivity index (χ1) is 16.6. The third kappa shape index (κ3) is 7.13. The number of nitrogens with zero attached hydrogens (tertiary/aromatic N) is 3. The highest BCUT2D eigenvalue weighted by atomic mass is 16.4. The van der Waals surface area contributed by atoms with Gasteiger partial charge in [0.1, 0.15) is 25.6 Å². The molecule has 6 heteroatoms. The summed E-state index contributed by atoms with van der Waals surface area (Å²) in [5, 5.41) is 12.8. The second kappa shape index (κ2) is 12.1. The number of anilines is 1. The van der Waals surface area contributed by atoms with Gasteiger partial charge in [0.25, 0.3) is 0 Å². The van der Waals surface area contributed by atoms with Gasteiger partial charge in [-0.3, -0.25) is 4.79 Å². The molecule has 0 aliphatic carbocycles. The number of aromatic nitrogens is 1. The van der Waals surface area contributed by atoms with Crippen LogP contribution in [-0.2, 0) is 17.6 Å². The van der Waals surface area contributed by atoms with Gasteiger partial charge in [0, 0.05) is 24.7 Å². The molecule has 182 valence electrons. The number of hydrogen-bond donors (Lipinski definition) is 2. The Bertz CT molecular complexity index is 976. The van der Waals surface area contributed by atoms with Crippen molar-refractivity contribution < 1.29 is 14.5 Å². The number of likely N-dealkylation sites (tertiary alicyclic amines) is 1. The number of fused-ring (bicyclic) bond motifs is 1. The van der Waals surface area contributed by atoms with Crippen molar-refractivity contribution in [2.24, 2.45) is 5.92 Å². The summed E-state index contributed by atoms with van der Waals surface area (Å²) in [6, 6.07) is 14.5. The van der Waals surface area contributed by atoms with E-state index in [0.717, 1.165) is 56.8 Å². The van der Waals surface area contributed by atoms with Gasteiger partial charge in [0.15, 0.2) is 0 Å². The van der Waals surface area contributed by atoms with Crippen LogP contribution in [0.5, 0.6) is 0 Å². The summed E-state index contributed by atoms with van der Waals surface area (Å²) in [6.07, 6.45) is 9.39. The van der Waals surface area contributed by atoms with Gasteiger partial charge in [-0.15, -0.1) is 0 Å². The normalized spacial score (nSPS) is 19.8. The van der Waals surface area contributed by atoms with Gasteiger partial charge in [-0.1, -0.05) is 36.4 Å². The third-order valence-electron chi connectivity index (χ3n) is 7.07. The first-order valence-electron chi connectivity index (χ1n) is 12.8. The summed E-state index contributed by atoms with van der Waals surface area (Å²) < 4.78 is 2.22. The van der Waals surface area contributed by atoms with Crippen LogP contribution in [0.15, 0.2) is 42.5 Å². The van der Waals surface area contributed by atoms with Gasteiger partial charge < -0.3 is 15.3 Å². The zero-order chi connectivity index (χ0) is 23.8. The molecule has 0 saturated carbocycles. The molecule has 4 rings (SSSR count). The minimum atomic E-state index is -0.740. The monoisotopic (exact) mass is 463 g/mol. The van der Waals surface area contributed by atoms with Gasteiger partial charge in [-0.2, -0.15) is 0 Å². The van der Waals surface area contributed by atoms with Crippen molar-refractivity contribution in [1.29, 1.82) is 0 Å². The Morgan fingerprint density at radius 2 is 2.12 bits per heavy atom. The molecule has 2 aliphatic rings. The van der Waals surface area contributed by atoms with Crippen LogP contribution < -0.4 is 5.32 Å². The maximum Gasteiger partial charge on any atom is 0.304 e. The van der Waals surface area contributed by atoms with E-state index in [-0.39, 0.29) is 12.3 Å². The molecule has 2 aromatic rings. The Morgan fingerprint density at radius 3 is 2.94 bits per heavy atom. The van der Waals surface area contributed by atoms with Crippen LogP contribution in [-0.4, -0.2) is 71.5 Å². The summed E-state index contributed by atoms with van der Waals surface area (Å²) in [4.78, 5) is 18.9. The number of aliphatic carboxylic acids is 1. The SMILES string of the molecule is C[N+](=CC1CCCN(CCCc2ccc3c(n2)NCCC3)C1)C[C@@H](CC(=O)O)c1ccccc1. The smallest absolute Gasteiger partial charge is 0.304 e. The fourth-order valence-electron chi connectivity index (χ4n) is 5.40. The fraction of sp³-hybridized carbons (Fsp3) is 0.536. The Labute approximate surface area is 203 Å². The second-order valence-corrected chi connectivity index (χ2v) is 9.94. The first-order valence-corrected chi connectivity index (χ1v) is 12.8. The molecular weight excluding hydrogens is 424 g/mol. The van der Waals surface area contributed by atoms with E-state index in [2.05, 4.69) is 40.2 Å². The zero-order valence-corrected chi connectivity index (χ0v) is 20.5. The number of aryl methyl sites for hydroxylation is 2. The second-order valence-electron chi connectivity index (χ2n) is 9.94. The lowest BCUT2D eigenvalue weighted by molar-refractivity contribution is -0.498. The number of likely N-dealkylation sites (N-methyl/N-ethyl adjacent to an activating group) is 1. The van der Waals surface area contributed by atoms with E-state index in [0.29, 0.717) is 5.92 Å². The predicted octanol–water partition coefficient (Wildman–Crippen LogP) is 4.06. The Kier molecular flexibility index (Phi) is 8.69. The van der Waals surface area contributed by atoms with Crippen molar-refractivity contribution >= 4 is 18.0 Å². The summed E-state index contributed by atoms with van der Waals surface area (Å²) >= 11 is 0. The van der Waals surface area contributed by atoms with Crippen LogP contribution in [0.2, 0.25) is 0 Å². The van der Waals surface area contributed by atoms with E-state index < -0.39 is 5.97 Å². The van der Waals surface area contributed by atoms with Crippen LogP contribution in [0.25, 0.3) is 0 Å². The maximum atomic E-state index is 11.4. The van der Waals surface area contributed by atoms with Crippen LogP contribution in [0.4, 0.5) is 5.82 Å². The number of carbonyl (C=O) groups is 1. The molecule has 6 nitrogen and oxygen atoms in total. The van der Waals surface area contributed by atoms with E-state index in [1.807, 2.05) is 30.3 Å². The lowest BCUT2D eigenvalue weighted by Gasteiger charge is -2.30. The van der Waals surface area contributed by atoms with E-state index in [1.165, 1.54) is 37.1 Å². The first kappa shape index (κ1) is 24.4. The van der Waals surface area contributed by atoms with Crippen LogP contribution in [0.1, 0.15) is 54.8 Å². The minimum Gasteiger partial charge on any atom is -0.481 e. The quantitative estimate of drug-likeness (QED) is 0.411. The Hall–Kier alpha value is -2.73. The van der Waals surface area contributed by atoms with Crippen molar-refractivity contribution in [2.75, 3.05) is 45.1 Å². The molecule has 1 aromatic heterocycles. The number of carboxylic acids is 1. The van der Waals surface area contributed by atoms with Gasteiger partial charge in [0.05, 0.1) is 12.3 Å². The standard InChI is InChI=1S/C28H38N4O2/c1-31(21-25(18-27(33)34)23-9-3-2-4-10-23)19-22-8-6-16-32(20-22)17-7-12-26-14-13-24-11-5-15-29-28(24)30-26/h2-4,9-10,13-14,19,22,25H,5-8,11-12,15-18,20-21H2,1H3,(H-,29,30,33,34)/p+1/t22?,25-/m1/s1. The molecule has 2 aliphatic heterocycles. The molecule has 34 heavy (non-hydrogen) atoms. The van der Waals surface area contributed by atoms with E-state index >= 15 is 0 Å². The molecular formula is C28H39N4O2+. The summed E-state index contributed by atoms with van der Waals surface area (Å²) in [6.45, 7) is 5.11. The number of piperidine rings is 1. The van der Waals surface area contributed by atoms with Gasteiger partial charge in [-0.05, 0) is 68.8 Å². The van der Waals surface area contributed by atoms with Crippen molar-refractivity contribution in [3.05, 3.63) is 59.3 Å². The van der Waals surface area contributed by atoms with Gasteiger partial charge in [0.2, 0.25) is 0 Å². The van der Waals surface area contributed by atoms with Crippen LogP contribution >= 0.6 is 0 Å². The molecule has 1 fully saturated rings. The molecule has 1 unspecified atom stereocenters. The lowest BCUT2D eigenvalue weighted by Crippen LogP contribution is -2.38. The van der Waals surface area contributed by atoms with Crippen molar-refractivity contribution in [3.63, 3.8) is 0 Å². The minimum absolute atomic E-state index is 0.00162. The number of rotatable bonds is 10. The molecule has 0 radical (unpaired) electrons. The van der Waals surface area contributed by atoms with Crippen LogP contribution in [0, 0.1) is 5.92 Å². The molecule has 2 N–H and O–H groups in total. The molecule has 0 bridgehead atoms. The lowest BCUT2D eigenvalue weighted by atomic mass is 9.95. The Balaban J connectivity index is 1.27. The number of benzene rings is 1. The number of nitrogens with one attached hydrogen (secondary N) is 1. The maximum absolute atomic E-state index is 11.4. The molecule has 1 saturated heterocycles. The van der Waals surface area contributed by atoms with E-state index in [9.17, 15) is 9.90 Å². The topological polar surface area (TPSA) is 68.5 Å². The molecule has 1 aromatic carbocycles. The average molecular weight is 464 g/mol. The van der Waals surface area contributed by atoms with Crippen LogP contribution in [0.3, 0.4) is 0 Å². The molecule has 3 heterocycles. The summed E-state index contributed by atoms with van der Waals surface area (Å²) in [5.74, 6) is 0.871.